The first-order chi connectivity index (χ1) is 15.3. The van der Waals surface area contributed by atoms with Crippen molar-refractivity contribution in [3.63, 3.8) is 0 Å². The first-order valence-electron chi connectivity index (χ1n) is 9.75. The van der Waals surface area contributed by atoms with Gasteiger partial charge in [0.05, 0.1) is 23.9 Å². The standard InChI is InChI=1S/C24H19F3N2O2S/c1-15-8-13-19(31-2)20-21(15)32-23(28-20)29(14-16-6-4-3-5-7-16)22(30)17-9-11-18(12-10-17)24(25,26)27/h3-13H,14H2,1-2H3. The number of fused-ring (bicyclic) bond motifs is 1. The zero-order valence-electron chi connectivity index (χ0n) is 17.3. The first-order valence-corrected chi connectivity index (χ1v) is 10.6. The Balaban J connectivity index is 1.78. The average Bonchev–Trinajstić information content (AvgIpc) is 3.24. The van der Waals surface area contributed by atoms with Crippen LogP contribution in [0, 0.1) is 6.92 Å². The number of hydrogen-bond acceptors (Lipinski definition) is 4. The maximum atomic E-state index is 13.4. The Labute approximate surface area is 186 Å². The molecule has 8 heteroatoms. The first kappa shape index (κ1) is 21.8. The van der Waals surface area contributed by atoms with Gasteiger partial charge in [-0.2, -0.15) is 13.2 Å². The number of aromatic nitrogens is 1. The van der Waals surface area contributed by atoms with Gasteiger partial charge in [0.2, 0.25) is 0 Å². The molecule has 4 rings (SSSR count). The molecule has 1 amide bonds. The normalized spacial score (nSPS) is 11.5. The van der Waals surface area contributed by atoms with Gasteiger partial charge < -0.3 is 4.74 Å². The number of halogens is 3. The van der Waals surface area contributed by atoms with E-state index in [4.69, 9.17) is 4.74 Å². The molecule has 0 aliphatic rings. The second kappa shape index (κ2) is 8.63. The minimum absolute atomic E-state index is 0.150. The maximum Gasteiger partial charge on any atom is 0.416 e. The van der Waals surface area contributed by atoms with Gasteiger partial charge in [-0.25, -0.2) is 4.98 Å². The van der Waals surface area contributed by atoms with Crippen LogP contribution >= 0.6 is 11.3 Å². The SMILES string of the molecule is COc1ccc(C)c2sc(N(Cc3ccccc3)C(=O)c3ccc(C(F)(F)F)cc3)nc12. The van der Waals surface area contributed by atoms with E-state index in [0.717, 1.165) is 28.0 Å². The molecule has 4 nitrogen and oxygen atoms in total. The van der Waals surface area contributed by atoms with E-state index >= 15 is 0 Å². The van der Waals surface area contributed by atoms with Crippen molar-refractivity contribution in [3.8, 4) is 5.75 Å². The largest absolute Gasteiger partial charge is 0.494 e. The van der Waals surface area contributed by atoms with Crippen LogP contribution in [0.4, 0.5) is 18.3 Å². The Kier molecular flexibility index (Phi) is 5.88. The molecular weight excluding hydrogens is 437 g/mol. The number of alkyl halides is 3. The Hall–Kier alpha value is -3.39. The van der Waals surface area contributed by atoms with Crippen LogP contribution in [0.1, 0.15) is 27.0 Å². The summed E-state index contributed by atoms with van der Waals surface area (Å²) in [6.45, 7) is 2.17. The van der Waals surface area contributed by atoms with Crippen molar-refractivity contribution in [2.45, 2.75) is 19.6 Å². The average molecular weight is 456 g/mol. The second-order valence-electron chi connectivity index (χ2n) is 7.21. The highest BCUT2D eigenvalue weighted by Crippen LogP contribution is 2.37. The van der Waals surface area contributed by atoms with Crippen molar-refractivity contribution in [2.75, 3.05) is 12.0 Å². The number of methoxy groups -OCH3 is 1. The third-order valence-electron chi connectivity index (χ3n) is 5.03. The summed E-state index contributed by atoms with van der Waals surface area (Å²) in [5.74, 6) is 0.160. The van der Waals surface area contributed by atoms with E-state index < -0.39 is 17.6 Å². The van der Waals surface area contributed by atoms with Crippen LogP contribution in [0.2, 0.25) is 0 Å². The van der Waals surface area contributed by atoms with Crippen molar-refractivity contribution < 1.29 is 22.7 Å². The number of aryl methyl sites for hydroxylation is 1. The highest BCUT2D eigenvalue weighted by atomic mass is 32.1. The molecule has 0 unspecified atom stereocenters. The van der Waals surface area contributed by atoms with Gasteiger partial charge in [0.1, 0.15) is 11.3 Å². The minimum atomic E-state index is -4.47. The second-order valence-corrected chi connectivity index (χ2v) is 8.19. The van der Waals surface area contributed by atoms with Crippen LogP contribution in [0.3, 0.4) is 0 Å². The van der Waals surface area contributed by atoms with Gasteiger partial charge in [-0.05, 0) is 48.4 Å². The molecule has 32 heavy (non-hydrogen) atoms. The number of carbonyl (C=O) groups is 1. The van der Waals surface area contributed by atoms with Gasteiger partial charge in [-0.1, -0.05) is 47.7 Å². The summed E-state index contributed by atoms with van der Waals surface area (Å²) in [4.78, 5) is 19.6. The molecule has 0 saturated carbocycles. The number of benzene rings is 3. The predicted octanol–water partition coefficient (Wildman–Crippen LogP) is 6.48. The van der Waals surface area contributed by atoms with Crippen LogP contribution in [0.25, 0.3) is 10.2 Å². The molecule has 4 aromatic rings. The molecule has 3 aromatic carbocycles. The summed E-state index contributed by atoms with van der Waals surface area (Å²) in [5.41, 5.74) is 1.86. The topological polar surface area (TPSA) is 42.4 Å². The minimum Gasteiger partial charge on any atom is -0.494 e. The van der Waals surface area contributed by atoms with Crippen molar-refractivity contribution in [3.05, 3.63) is 89.0 Å². The summed E-state index contributed by atoms with van der Waals surface area (Å²) in [5, 5.41) is 0.446. The van der Waals surface area contributed by atoms with Gasteiger partial charge in [-0.3, -0.25) is 9.69 Å². The molecule has 0 bridgehead atoms. The van der Waals surface area contributed by atoms with E-state index in [0.29, 0.717) is 16.4 Å². The third-order valence-corrected chi connectivity index (χ3v) is 6.24. The number of anilines is 1. The molecule has 0 fully saturated rings. The van der Waals surface area contributed by atoms with E-state index in [9.17, 15) is 18.0 Å². The van der Waals surface area contributed by atoms with E-state index in [1.165, 1.54) is 28.4 Å². The van der Waals surface area contributed by atoms with Crippen molar-refractivity contribution in [1.29, 1.82) is 0 Å². The lowest BCUT2D eigenvalue weighted by Crippen LogP contribution is -2.30. The lowest BCUT2D eigenvalue weighted by atomic mass is 10.1. The van der Waals surface area contributed by atoms with Crippen LogP contribution in [0.5, 0.6) is 5.75 Å². The molecular formula is C24H19F3N2O2S. The monoisotopic (exact) mass is 456 g/mol. The Bertz CT molecular complexity index is 1250. The summed E-state index contributed by atoms with van der Waals surface area (Å²) in [6.07, 6.45) is -4.47. The van der Waals surface area contributed by atoms with E-state index in [2.05, 4.69) is 4.98 Å². The van der Waals surface area contributed by atoms with Crippen LogP contribution < -0.4 is 9.64 Å². The summed E-state index contributed by atoms with van der Waals surface area (Å²) in [7, 11) is 1.55. The van der Waals surface area contributed by atoms with E-state index in [1.54, 1.807) is 7.11 Å². The highest BCUT2D eigenvalue weighted by Gasteiger charge is 2.31. The summed E-state index contributed by atoms with van der Waals surface area (Å²) < 4.78 is 45.1. The fourth-order valence-corrected chi connectivity index (χ4v) is 4.38. The number of nitrogens with zero attached hydrogens (tertiary/aromatic N) is 2. The van der Waals surface area contributed by atoms with Gasteiger partial charge in [0.25, 0.3) is 5.91 Å². The summed E-state index contributed by atoms with van der Waals surface area (Å²) >= 11 is 1.35. The van der Waals surface area contributed by atoms with Gasteiger partial charge >= 0.3 is 6.18 Å². The van der Waals surface area contributed by atoms with Crippen LogP contribution in [-0.4, -0.2) is 18.0 Å². The van der Waals surface area contributed by atoms with Gasteiger partial charge in [0, 0.05) is 5.56 Å². The number of ether oxygens (including phenoxy) is 1. The molecule has 1 heterocycles. The smallest absolute Gasteiger partial charge is 0.416 e. The van der Waals surface area contributed by atoms with Crippen molar-refractivity contribution in [2.24, 2.45) is 0 Å². The zero-order chi connectivity index (χ0) is 22.9. The zero-order valence-corrected chi connectivity index (χ0v) is 18.1. The molecule has 0 N–H and O–H groups in total. The fraction of sp³-hybridized carbons (Fsp3) is 0.167. The number of amides is 1. The maximum absolute atomic E-state index is 13.4. The Morgan fingerprint density at radius 1 is 1.03 bits per heavy atom. The molecule has 0 radical (unpaired) electrons. The lowest BCUT2D eigenvalue weighted by molar-refractivity contribution is -0.137. The quantitative estimate of drug-likeness (QED) is 0.345. The van der Waals surface area contributed by atoms with Crippen LogP contribution in [-0.2, 0) is 12.7 Å². The van der Waals surface area contributed by atoms with Crippen molar-refractivity contribution >= 4 is 32.6 Å². The number of thiazole rings is 1. The number of carbonyl (C=O) groups excluding carboxylic acids is 1. The molecule has 0 spiro atoms. The molecule has 0 aliphatic carbocycles. The summed E-state index contributed by atoms with van der Waals surface area (Å²) in [6, 6.07) is 17.3. The van der Waals surface area contributed by atoms with Crippen LogP contribution in [0.15, 0.2) is 66.7 Å². The fourth-order valence-electron chi connectivity index (χ4n) is 3.33. The van der Waals surface area contributed by atoms with Crippen molar-refractivity contribution in [1.82, 2.24) is 4.98 Å². The molecule has 164 valence electrons. The third kappa shape index (κ3) is 4.31. The number of rotatable bonds is 5. The Morgan fingerprint density at radius 2 is 1.72 bits per heavy atom. The van der Waals surface area contributed by atoms with E-state index in [1.807, 2.05) is 49.4 Å². The molecule has 1 aromatic heterocycles. The van der Waals surface area contributed by atoms with Gasteiger partial charge in [0.15, 0.2) is 5.13 Å². The lowest BCUT2D eigenvalue weighted by Gasteiger charge is -2.20. The molecule has 0 aliphatic heterocycles. The van der Waals surface area contributed by atoms with Gasteiger partial charge in [-0.15, -0.1) is 0 Å². The molecule has 0 saturated heterocycles. The highest BCUT2D eigenvalue weighted by molar-refractivity contribution is 7.22. The van der Waals surface area contributed by atoms with E-state index in [-0.39, 0.29) is 12.1 Å². The predicted molar refractivity (Wildman–Crippen MR) is 119 cm³/mol. The number of hydrogen-bond donors (Lipinski definition) is 0. The molecule has 0 atom stereocenters. The Morgan fingerprint density at radius 3 is 2.34 bits per heavy atom.